The third-order valence-corrected chi connectivity index (χ3v) is 2.12. The molecular weight excluding hydrogens is 222 g/mol. The molecule has 0 saturated heterocycles. The summed E-state index contributed by atoms with van der Waals surface area (Å²) in [6.45, 7) is 1.75. The Labute approximate surface area is 99.5 Å². The van der Waals surface area contributed by atoms with E-state index in [9.17, 15) is 9.59 Å². The van der Waals surface area contributed by atoms with E-state index >= 15 is 0 Å². The second-order valence-electron chi connectivity index (χ2n) is 3.56. The van der Waals surface area contributed by atoms with Crippen LogP contribution in [-0.4, -0.2) is 25.4 Å². The average molecular weight is 237 g/mol. The predicted octanol–water partition coefficient (Wildman–Crippen LogP) is 1.15. The van der Waals surface area contributed by atoms with E-state index in [-0.39, 0.29) is 12.4 Å². The van der Waals surface area contributed by atoms with Gasteiger partial charge in [0.05, 0.1) is 13.7 Å². The Balaban J connectivity index is 2.80. The topological polar surface area (TPSA) is 78.6 Å². The molecule has 5 heteroatoms. The van der Waals surface area contributed by atoms with Gasteiger partial charge >= 0.3 is 0 Å². The Bertz CT molecular complexity index is 429. The Morgan fingerprint density at radius 3 is 2.41 bits per heavy atom. The van der Waals surface area contributed by atoms with Crippen molar-refractivity contribution in [2.24, 2.45) is 5.73 Å². The van der Waals surface area contributed by atoms with E-state index in [1.165, 1.54) is 26.2 Å². The van der Waals surface area contributed by atoms with Gasteiger partial charge in [0.15, 0.2) is 0 Å². The molecule has 1 amide bonds. The SMILES string of the molecule is COc1cc(OCCC(C)=O)cc(C(N)=O)c1. The fourth-order valence-corrected chi connectivity index (χ4v) is 1.23. The van der Waals surface area contributed by atoms with E-state index in [0.717, 1.165) is 0 Å². The Morgan fingerprint density at radius 1 is 1.24 bits per heavy atom. The van der Waals surface area contributed by atoms with E-state index < -0.39 is 5.91 Å². The van der Waals surface area contributed by atoms with Gasteiger partial charge in [-0.1, -0.05) is 0 Å². The highest BCUT2D eigenvalue weighted by atomic mass is 16.5. The maximum atomic E-state index is 11.1. The van der Waals surface area contributed by atoms with E-state index in [2.05, 4.69) is 0 Å². The van der Waals surface area contributed by atoms with Crippen molar-refractivity contribution in [2.75, 3.05) is 13.7 Å². The molecule has 0 saturated carbocycles. The van der Waals surface area contributed by atoms with Gasteiger partial charge in [-0.25, -0.2) is 0 Å². The molecule has 0 fully saturated rings. The lowest BCUT2D eigenvalue weighted by molar-refractivity contribution is -0.117. The number of Topliss-reactive ketones (excluding diaryl/α,β-unsaturated/α-hetero) is 1. The summed E-state index contributed by atoms with van der Waals surface area (Å²) in [5.74, 6) is 0.432. The first-order valence-corrected chi connectivity index (χ1v) is 5.14. The van der Waals surface area contributed by atoms with Crippen molar-refractivity contribution in [3.05, 3.63) is 23.8 Å². The number of hydrogen-bond acceptors (Lipinski definition) is 4. The zero-order valence-corrected chi connectivity index (χ0v) is 9.86. The van der Waals surface area contributed by atoms with Crippen molar-refractivity contribution >= 4 is 11.7 Å². The van der Waals surface area contributed by atoms with Crippen LogP contribution in [-0.2, 0) is 4.79 Å². The van der Waals surface area contributed by atoms with E-state index in [0.29, 0.717) is 23.5 Å². The van der Waals surface area contributed by atoms with Gasteiger partial charge in [0.25, 0.3) is 0 Å². The second kappa shape index (κ2) is 5.89. The average Bonchev–Trinajstić information content (AvgIpc) is 2.28. The molecule has 0 aromatic heterocycles. The first-order chi connectivity index (χ1) is 8.02. The lowest BCUT2D eigenvalue weighted by atomic mass is 10.2. The van der Waals surface area contributed by atoms with Crippen LogP contribution in [0.25, 0.3) is 0 Å². The summed E-state index contributed by atoms with van der Waals surface area (Å²) in [6.07, 6.45) is 0.323. The molecule has 0 heterocycles. The highest BCUT2D eigenvalue weighted by molar-refractivity contribution is 5.93. The van der Waals surface area contributed by atoms with Crippen LogP contribution in [0.5, 0.6) is 11.5 Å². The van der Waals surface area contributed by atoms with Gasteiger partial charge in [0.1, 0.15) is 17.3 Å². The van der Waals surface area contributed by atoms with Gasteiger partial charge in [0, 0.05) is 18.1 Å². The normalized spacial score (nSPS) is 9.76. The van der Waals surface area contributed by atoms with Crippen LogP contribution in [0, 0.1) is 0 Å². The largest absolute Gasteiger partial charge is 0.497 e. The number of methoxy groups -OCH3 is 1. The Kier molecular flexibility index (Phi) is 4.51. The van der Waals surface area contributed by atoms with Crippen molar-refractivity contribution in [1.29, 1.82) is 0 Å². The molecule has 0 aliphatic heterocycles. The van der Waals surface area contributed by atoms with Gasteiger partial charge < -0.3 is 15.2 Å². The third-order valence-electron chi connectivity index (χ3n) is 2.12. The monoisotopic (exact) mass is 237 g/mol. The number of carbonyl (C=O) groups is 2. The van der Waals surface area contributed by atoms with Crippen molar-refractivity contribution in [1.82, 2.24) is 0 Å². The number of rotatable bonds is 6. The molecule has 1 rings (SSSR count). The fourth-order valence-electron chi connectivity index (χ4n) is 1.23. The number of ketones is 1. The highest BCUT2D eigenvalue weighted by Crippen LogP contribution is 2.22. The molecule has 0 aliphatic rings. The van der Waals surface area contributed by atoms with E-state index in [4.69, 9.17) is 15.2 Å². The number of ether oxygens (including phenoxy) is 2. The summed E-state index contributed by atoms with van der Waals surface area (Å²) < 4.78 is 10.4. The molecule has 17 heavy (non-hydrogen) atoms. The smallest absolute Gasteiger partial charge is 0.248 e. The molecule has 5 nitrogen and oxygen atoms in total. The lowest BCUT2D eigenvalue weighted by Crippen LogP contribution is -2.11. The molecule has 0 bridgehead atoms. The van der Waals surface area contributed by atoms with Crippen molar-refractivity contribution < 1.29 is 19.1 Å². The minimum Gasteiger partial charge on any atom is -0.497 e. The van der Waals surface area contributed by atoms with E-state index in [1.54, 1.807) is 6.07 Å². The summed E-state index contributed by atoms with van der Waals surface area (Å²) in [4.78, 5) is 21.8. The minimum absolute atomic E-state index is 0.0445. The molecule has 0 atom stereocenters. The summed E-state index contributed by atoms with van der Waals surface area (Å²) in [6, 6.07) is 4.68. The summed E-state index contributed by atoms with van der Waals surface area (Å²) in [5, 5.41) is 0. The highest BCUT2D eigenvalue weighted by Gasteiger charge is 2.07. The summed E-state index contributed by atoms with van der Waals surface area (Å²) >= 11 is 0. The van der Waals surface area contributed by atoms with Crippen LogP contribution < -0.4 is 15.2 Å². The number of benzene rings is 1. The first-order valence-electron chi connectivity index (χ1n) is 5.14. The van der Waals surface area contributed by atoms with Crippen LogP contribution in [0.1, 0.15) is 23.7 Å². The lowest BCUT2D eigenvalue weighted by Gasteiger charge is -2.08. The maximum Gasteiger partial charge on any atom is 0.248 e. The number of amides is 1. The molecule has 0 spiro atoms. The molecule has 1 aromatic rings. The molecule has 0 unspecified atom stereocenters. The minimum atomic E-state index is -0.555. The fraction of sp³-hybridized carbons (Fsp3) is 0.333. The number of hydrogen-bond donors (Lipinski definition) is 1. The van der Waals surface area contributed by atoms with Gasteiger partial charge in [-0.2, -0.15) is 0 Å². The van der Waals surface area contributed by atoms with E-state index in [1.807, 2.05) is 0 Å². The molecule has 92 valence electrons. The van der Waals surface area contributed by atoms with Crippen LogP contribution in [0.4, 0.5) is 0 Å². The quantitative estimate of drug-likeness (QED) is 0.805. The van der Waals surface area contributed by atoms with Crippen molar-refractivity contribution in [3.8, 4) is 11.5 Å². The zero-order valence-electron chi connectivity index (χ0n) is 9.86. The van der Waals surface area contributed by atoms with Crippen LogP contribution >= 0.6 is 0 Å². The zero-order chi connectivity index (χ0) is 12.8. The van der Waals surface area contributed by atoms with Crippen LogP contribution in [0.2, 0.25) is 0 Å². The number of carbonyl (C=O) groups excluding carboxylic acids is 2. The van der Waals surface area contributed by atoms with Crippen LogP contribution in [0.15, 0.2) is 18.2 Å². The molecular formula is C12H15NO4. The van der Waals surface area contributed by atoms with Crippen molar-refractivity contribution in [3.63, 3.8) is 0 Å². The molecule has 0 aliphatic carbocycles. The summed E-state index contributed by atoms with van der Waals surface area (Å²) in [7, 11) is 1.49. The van der Waals surface area contributed by atoms with Gasteiger partial charge in [-0.05, 0) is 19.1 Å². The Hall–Kier alpha value is -2.04. The third kappa shape index (κ3) is 4.14. The van der Waals surface area contributed by atoms with Gasteiger partial charge in [-0.15, -0.1) is 0 Å². The second-order valence-corrected chi connectivity index (χ2v) is 3.56. The number of nitrogens with two attached hydrogens (primary N) is 1. The molecule has 2 N–H and O–H groups in total. The first kappa shape index (κ1) is 13.0. The van der Waals surface area contributed by atoms with Gasteiger partial charge in [-0.3, -0.25) is 9.59 Å². The number of primary amides is 1. The Morgan fingerprint density at radius 2 is 1.88 bits per heavy atom. The van der Waals surface area contributed by atoms with Crippen LogP contribution in [0.3, 0.4) is 0 Å². The molecule has 1 aromatic carbocycles. The summed E-state index contributed by atoms with van der Waals surface area (Å²) in [5.41, 5.74) is 5.49. The maximum absolute atomic E-state index is 11.1. The predicted molar refractivity (Wildman–Crippen MR) is 62.3 cm³/mol. The van der Waals surface area contributed by atoms with Crippen molar-refractivity contribution in [2.45, 2.75) is 13.3 Å². The van der Waals surface area contributed by atoms with Gasteiger partial charge in [0.2, 0.25) is 5.91 Å². The standard InChI is InChI=1S/C12H15NO4/c1-8(14)3-4-17-11-6-9(12(13)15)5-10(7-11)16-2/h5-7H,3-4H2,1-2H3,(H2,13,15). The molecule has 0 radical (unpaired) electrons.